The second kappa shape index (κ2) is 11.1. The average molecular weight is 719 g/mol. The SMILES string of the molecule is COC(=O)N1C(=O)C2CC=C3C(CC4(Cl)C(=O)N(c5c(F)c(F)c(F)c(F)c5F)C(=O)C4(Cl)C3c3c(O)cc(OC)cc3OC)C2C1=O. The van der Waals surface area contributed by atoms with Gasteiger partial charge in [0.2, 0.25) is 17.6 Å². The van der Waals surface area contributed by atoms with Crippen LogP contribution in [0, 0.1) is 46.8 Å². The number of fused-ring (bicyclic) bond motifs is 4. The Labute approximate surface area is 276 Å². The molecule has 0 bridgehead atoms. The van der Waals surface area contributed by atoms with Gasteiger partial charge in [0.05, 0.1) is 33.2 Å². The summed E-state index contributed by atoms with van der Waals surface area (Å²) in [6.07, 6.45) is -0.980. The molecule has 254 valence electrons. The summed E-state index contributed by atoms with van der Waals surface area (Å²) in [5.41, 5.74) is -2.27. The van der Waals surface area contributed by atoms with Crippen LogP contribution in [0.15, 0.2) is 23.8 Å². The highest BCUT2D eigenvalue weighted by Gasteiger charge is 2.77. The number of methoxy groups -OCH3 is 3. The Morgan fingerprint density at radius 3 is 2.04 bits per heavy atom. The Balaban J connectivity index is 1.64. The fourth-order valence-corrected chi connectivity index (χ4v) is 8.24. The first-order valence-electron chi connectivity index (χ1n) is 13.9. The number of phenolic OH excluding ortho intramolecular Hbond substituents is 1. The molecule has 2 saturated heterocycles. The molecule has 6 rings (SSSR count). The molecule has 6 unspecified atom stereocenters. The van der Waals surface area contributed by atoms with Gasteiger partial charge in [-0.1, -0.05) is 11.6 Å². The maximum Gasteiger partial charge on any atom is 0.423 e. The number of rotatable bonds is 4. The molecule has 2 aromatic carbocycles. The number of nitrogens with zero attached hydrogens (tertiary/aromatic N) is 2. The standard InChI is InChI=1S/C30H21Cl2F5N2O9/c1-46-9-6-13(40)16(14(7-9)47-2)17-10-4-5-11-15(25(42)39(24(11)41)28(45)48-3)12(10)8-29(31)26(43)38(27(44)30(17,29)32)23-21(36)19(34)18(33)20(35)22(23)37/h4,6-7,11-12,15,17,40H,5,8H2,1-3H3. The summed E-state index contributed by atoms with van der Waals surface area (Å²) in [6.45, 7) is 0. The van der Waals surface area contributed by atoms with Gasteiger partial charge in [0.1, 0.15) is 22.9 Å². The minimum absolute atomic E-state index is 0.0227. The molecule has 1 N–H and O–H groups in total. The lowest BCUT2D eigenvalue weighted by Gasteiger charge is -2.50. The Morgan fingerprint density at radius 1 is 0.875 bits per heavy atom. The van der Waals surface area contributed by atoms with E-state index in [-0.39, 0.29) is 38.9 Å². The van der Waals surface area contributed by atoms with E-state index in [9.17, 15) is 42.3 Å². The lowest BCUT2D eigenvalue weighted by atomic mass is 9.56. The smallest absolute Gasteiger partial charge is 0.423 e. The number of benzene rings is 2. The van der Waals surface area contributed by atoms with E-state index in [2.05, 4.69) is 4.74 Å². The van der Waals surface area contributed by atoms with E-state index in [1.165, 1.54) is 19.3 Å². The van der Waals surface area contributed by atoms with E-state index >= 15 is 8.78 Å². The molecule has 4 aliphatic rings. The summed E-state index contributed by atoms with van der Waals surface area (Å²) >= 11 is 14.1. The summed E-state index contributed by atoms with van der Waals surface area (Å²) in [5, 5.41) is 11.3. The maximum absolute atomic E-state index is 15.2. The van der Waals surface area contributed by atoms with Crippen LogP contribution in [-0.4, -0.2) is 70.8 Å². The second-order valence-electron chi connectivity index (χ2n) is 11.4. The molecule has 2 heterocycles. The molecule has 0 aromatic heterocycles. The summed E-state index contributed by atoms with van der Waals surface area (Å²) in [5.74, 6) is -24.8. The van der Waals surface area contributed by atoms with Crippen molar-refractivity contribution in [2.45, 2.75) is 28.5 Å². The van der Waals surface area contributed by atoms with Crippen molar-refractivity contribution in [1.29, 1.82) is 0 Å². The number of aromatic hydroxyl groups is 1. The summed E-state index contributed by atoms with van der Waals surface area (Å²) < 4.78 is 88.2. The van der Waals surface area contributed by atoms with E-state index < -0.39 is 110 Å². The van der Waals surface area contributed by atoms with Crippen molar-refractivity contribution in [2.24, 2.45) is 17.8 Å². The number of carbonyl (C=O) groups excluding carboxylic acids is 5. The number of imide groups is 4. The summed E-state index contributed by atoms with van der Waals surface area (Å²) in [7, 11) is 3.32. The number of allylic oxidation sites excluding steroid dienone is 2. The molecule has 11 nitrogen and oxygen atoms in total. The maximum atomic E-state index is 15.2. The number of hydrogen-bond donors (Lipinski definition) is 1. The first-order valence-corrected chi connectivity index (χ1v) is 14.7. The van der Waals surface area contributed by atoms with E-state index in [4.69, 9.17) is 32.7 Å². The Morgan fingerprint density at radius 2 is 1.48 bits per heavy atom. The van der Waals surface area contributed by atoms with Gasteiger partial charge in [0.15, 0.2) is 33.0 Å². The van der Waals surface area contributed by atoms with E-state index in [1.54, 1.807) is 0 Å². The number of likely N-dealkylation sites (tertiary alicyclic amines) is 1. The van der Waals surface area contributed by atoms with Crippen molar-refractivity contribution in [3.05, 3.63) is 58.4 Å². The number of phenols is 1. The minimum Gasteiger partial charge on any atom is -0.507 e. The van der Waals surface area contributed by atoms with Gasteiger partial charge >= 0.3 is 6.09 Å². The van der Waals surface area contributed by atoms with E-state index in [0.717, 1.165) is 20.3 Å². The number of carbonyl (C=O) groups is 5. The second-order valence-corrected chi connectivity index (χ2v) is 12.7. The van der Waals surface area contributed by atoms with Crippen molar-refractivity contribution >= 4 is 58.6 Å². The molecule has 48 heavy (non-hydrogen) atoms. The highest BCUT2D eigenvalue weighted by atomic mass is 35.5. The van der Waals surface area contributed by atoms with Crippen LogP contribution in [0.1, 0.15) is 24.3 Å². The van der Waals surface area contributed by atoms with Crippen LogP contribution < -0.4 is 14.4 Å². The highest BCUT2D eigenvalue weighted by Crippen LogP contribution is 2.67. The fraction of sp³-hybridized carbons (Fsp3) is 0.367. The Kier molecular flexibility index (Phi) is 7.70. The molecule has 3 fully saturated rings. The van der Waals surface area contributed by atoms with Crippen LogP contribution in [-0.2, 0) is 23.9 Å². The third kappa shape index (κ3) is 4.01. The van der Waals surface area contributed by atoms with Crippen LogP contribution in [0.25, 0.3) is 0 Å². The number of anilines is 1. The molecule has 2 aromatic rings. The highest BCUT2D eigenvalue weighted by molar-refractivity contribution is 6.58. The van der Waals surface area contributed by atoms with Gasteiger partial charge in [-0.15, -0.1) is 23.2 Å². The first kappa shape index (κ1) is 33.5. The lowest BCUT2D eigenvalue weighted by Crippen LogP contribution is -2.60. The van der Waals surface area contributed by atoms with Crippen LogP contribution in [0.4, 0.5) is 32.4 Å². The van der Waals surface area contributed by atoms with Gasteiger partial charge < -0.3 is 19.3 Å². The summed E-state index contributed by atoms with van der Waals surface area (Å²) in [4.78, 5) is 62.0. The molecule has 5 amide bonds. The number of alkyl halides is 2. The zero-order valence-electron chi connectivity index (χ0n) is 24.7. The Hall–Kier alpha value is -4.44. The predicted octanol–water partition coefficient (Wildman–Crippen LogP) is 4.43. The molecule has 2 aliphatic heterocycles. The van der Waals surface area contributed by atoms with Crippen molar-refractivity contribution in [3.8, 4) is 17.2 Å². The zero-order valence-corrected chi connectivity index (χ0v) is 26.2. The van der Waals surface area contributed by atoms with Crippen LogP contribution in [0.2, 0.25) is 0 Å². The zero-order chi connectivity index (χ0) is 35.4. The Bertz CT molecular complexity index is 1880. The number of amides is 5. The van der Waals surface area contributed by atoms with Gasteiger partial charge in [-0.25, -0.2) is 31.6 Å². The largest absolute Gasteiger partial charge is 0.507 e. The molecular weight excluding hydrogens is 698 g/mol. The normalized spacial score (nSPS) is 29.4. The number of halogens is 7. The van der Waals surface area contributed by atoms with Crippen molar-refractivity contribution in [3.63, 3.8) is 0 Å². The van der Waals surface area contributed by atoms with Crippen molar-refractivity contribution < 1.29 is 65.2 Å². The monoisotopic (exact) mass is 718 g/mol. The van der Waals surface area contributed by atoms with Gasteiger partial charge in [-0.3, -0.25) is 19.2 Å². The van der Waals surface area contributed by atoms with Gasteiger partial charge in [0.25, 0.3) is 11.8 Å². The number of hydrogen-bond acceptors (Lipinski definition) is 9. The third-order valence-corrected chi connectivity index (χ3v) is 10.8. The molecule has 0 spiro atoms. The van der Waals surface area contributed by atoms with Gasteiger partial charge in [-0.2, -0.15) is 4.90 Å². The summed E-state index contributed by atoms with van der Waals surface area (Å²) in [6, 6.07) is 2.31. The van der Waals surface area contributed by atoms with Crippen molar-refractivity contribution in [2.75, 3.05) is 26.2 Å². The third-order valence-electron chi connectivity index (χ3n) is 9.42. The topological polar surface area (TPSA) is 140 Å². The van der Waals surface area contributed by atoms with Gasteiger partial charge in [-0.05, 0) is 18.8 Å². The molecular formula is C30H21Cl2F5N2O9. The van der Waals surface area contributed by atoms with Crippen molar-refractivity contribution in [1.82, 2.24) is 4.90 Å². The van der Waals surface area contributed by atoms with Crippen LogP contribution in [0.5, 0.6) is 17.2 Å². The number of ether oxygens (including phenoxy) is 3. The minimum atomic E-state index is -2.91. The van der Waals surface area contributed by atoms with E-state index in [0.29, 0.717) is 0 Å². The quantitative estimate of drug-likeness (QED) is 0.121. The molecule has 1 saturated carbocycles. The van der Waals surface area contributed by atoms with E-state index in [1.807, 2.05) is 0 Å². The van der Waals surface area contributed by atoms with Gasteiger partial charge in [0, 0.05) is 23.6 Å². The fourth-order valence-electron chi connectivity index (χ4n) is 7.32. The lowest BCUT2D eigenvalue weighted by molar-refractivity contribution is -0.138. The predicted molar refractivity (Wildman–Crippen MR) is 152 cm³/mol. The molecule has 6 atom stereocenters. The molecule has 18 heteroatoms. The average Bonchev–Trinajstić information content (AvgIpc) is 3.40. The molecule has 0 radical (unpaired) electrons. The first-order chi connectivity index (χ1) is 22.5. The van der Waals surface area contributed by atoms with Crippen LogP contribution >= 0.6 is 23.2 Å². The van der Waals surface area contributed by atoms with Crippen LogP contribution in [0.3, 0.4) is 0 Å². The molecule has 2 aliphatic carbocycles.